The number of hydrogen-bond donors (Lipinski definition) is 2. The van der Waals surface area contributed by atoms with Gasteiger partial charge in [-0.3, -0.25) is 9.59 Å². The van der Waals surface area contributed by atoms with Crippen LogP contribution in [0.15, 0.2) is 48.5 Å². The number of rotatable bonds is 7. The molecular weight excluding hydrogens is 408 g/mol. The van der Waals surface area contributed by atoms with E-state index < -0.39 is 12.1 Å². The maximum atomic E-state index is 12.5. The summed E-state index contributed by atoms with van der Waals surface area (Å²) in [6, 6.07) is 16.3. The fraction of sp³-hybridized carbons (Fsp3) is 0.400. The normalized spacial score (nSPS) is 19.2. The van der Waals surface area contributed by atoms with Gasteiger partial charge in [0.15, 0.2) is 0 Å². The number of aliphatic carboxylic acids is 1. The van der Waals surface area contributed by atoms with Gasteiger partial charge in [-0.25, -0.2) is 4.79 Å². The lowest BCUT2D eigenvalue weighted by Gasteiger charge is -2.20. The molecule has 0 aromatic heterocycles. The molecule has 7 nitrogen and oxygen atoms in total. The lowest BCUT2D eigenvalue weighted by atomic mass is 9.98. The number of nitrogens with one attached hydrogen (secondary N) is 1. The highest BCUT2D eigenvalue weighted by Crippen LogP contribution is 2.44. The van der Waals surface area contributed by atoms with Gasteiger partial charge in [0.05, 0.1) is 6.42 Å². The zero-order valence-corrected chi connectivity index (χ0v) is 18.1. The molecule has 2 aromatic carbocycles. The van der Waals surface area contributed by atoms with E-state index in [1.54, 1.807) is 7.05 Å². The van der Waals surface area contributed by atoms with Crippen LogP contribution in [0.2, 0.25) is 0 Å². The Hall–Kier alpha value is -3.35. The molecule has 168 valence electrons. The number of carboxylic acids is 1. The summed E-state index contributed by atoms with van der Waals surface area (Å²) in [4.78, 5) is 37.2. The standard InChI is InChI=1S/C25H28N2O5/c1-27(13-12-23(28)29)24(30)16-10-11-17(14-16)26-25(31)32-15-22-20-8-4-2-6-18(20)19-7-3-5-9-21(19)22/h2-9,16-17,22H,10-15H2,1H3,(H,26,31)(H,28,29)/t16-,17+/m1/s1. The molecule has 1 saturated carbocycles. The van der Waals surface area contributed by atoms with Gasteiger partial charge in [0.1, 0.15) is 6.61 Å². The average molecular weight is 437 g/mol. The summed E-state index contributed by atoms with van der Waals surface area (Å²) in [5, 5.41) is 11.7. The van der Waals surface area contributed by atoms with Crippen LogP contribution in [0.5, 0.6) is 0 Å². The topological polar surface area (TPSA) is 95.9 Å². The van der Waals surface area contributed by atoms with Gasteiger partial charge in [0.2, 0.25) is 5.91 Å². The van der Waals surface area contributed by atoms with Gasteiger partial charge in [-0.1, -0.05) is 48.5 Å². The Morgan fingerprint density at radius 2 is 1.66 bits per heavy atom. The lowest BCUT2D eigenvalue weighted by Crippen LogP contribution is -2.36. The Kier molecular flexibility index (Phi) is 6.44. The van der Waals surface area contributed by atoms with Crippen molar-refractivity contribution in [3.63, 3.8) is 0 Å². The van der Waals surface area contributed by atoms with Crippen molar-refractivity contribution in [2.24, 2.45) is 5.92 Å². The zero-order valence-electron chi connectivity index (χ0n) is 18.1. The molecule has 0 aliphatic heterocycles. The molecule has 7 heteroatoms. The molecule has 0 radical (unpaired) electrons. The smallest absolute Gasteiger partial charge is 0.407 e. The van der Waals surface area contributed by atoms with Crippen LogP contribution in [-0.2, 0) is 14.3 Å². The maximum Gasteiger partial charge on any atom is 0.407 e. The molecule has 32 heavy (non-hydrogen) atoms. The van der Waals surface area contributed by atoms with Crippen molar-refractivity contribution in [2.75, 3.05) is 20.2 Å². The van der Waals surface area contributed by atoms with Crippen LogP contribution >= 0.6 is 0 Å². The summed E-state index contributed by atoms with van der Waals surface area (Å²) in [6.45, 7) is 0.446. The van der Waals surface area contributed by atoms with Crippen LogP contribution in [0.3, 0.4) is 0 Å². The van der Waals surface area contributed by atoms with Gasteiger partial charge in [-0.15, -0.1) is 0 Å². The van der Waals surface area contributed by atoms with E-state index in [0.29, 0.717) is 19.3 Å². The first-order valence-corrected chi connectivity index (χ1v) is 11.0. The molecule has 0 heterocycles. The fourth-order valence-electron chi connectivity index (χ4n) is 4.83. The van der Waals surface area contributed by atoms with Gasteiger partial charge in [0.25, 0.3) is 0 Å². The van der Waals surface area contributed by atoms with Crippen molar-refractivity contribution in [3.8, 4) is 11.1 Å². The highest BCUT2D eigenvalue weighted by atomic mass is 16.5. The molecule has 2 aliphatic rings. The van der Waals surface area contributed by atoms with E-state index in [9.17, 15) is 14.4 Å². The van der Waals surface area contributed by atoms with Crippen LogP contribution in [0, 0.1) is 5.92 Å². The molecule has 2 amide bonds. The number of nitrogens with zero attached hydrogens (tertiary/aromatic N) is 1. The van der Waals surface area contributed by atoms with Crippen LogP contribution in [0.1, 0.15) is 42.7 Å². The predicted molar refractivity (Wildman–Crippen MR) is 119 cm³/mol. The summed E-state index contributed by atoms with van der Waals surface area (Å²) in [6.07, 6.45) is 1.37. The Labute approximate surface area is 187 Å². The largest absolute Gasteiger partial charge is 0.481 e. The predicted octanol–water partition coefficient (Wildman–Crippen LogP) is 3.63. The second kappa shape index (κ2) is 9.42. The van der Waals surface area contributed by atoms with Crippen molar-refractivity contribution in [1.29, 1.82) is 0 Å². The van der Waals surface area contributed by atoms with Crippen molar-refractivity contribution in [3.05, 3.63) is 59.7 Å². The molecule has 1 fully saturated rings. The Morgan fingerprint density at radius 1 is 1.03 bits per heavy atom. The molecule has 0 bridgehead atoms. The minimum Gasteiger partial charge on any atom is -0.481 e. The first-order valence-electron chi connectivity index (χ1n) is 11.0. The average Bonchev–Trinajstić information content (AvgIpc) is 3.38. The van der Waals surface area contributed by atoms with Crippen LogP contribution in [0.4, 0.5) is 4.79 Å². The molecule has 0 saturated heterocycles. The van der Waals surface area contributed by atoms with E-state index in [0.717, 1.165) is 11.1 Å². The molecule has 2 aromatic rings. The summed E-state index contributed by atoms with van der Waals surface area (Å²) < 4.78 is 5.60. The second-order valence-electron chi connectivity index (χ2n) is 8.58. The van der Waals surface area contributed by atoms with Crippen LogP contribution in [-0.4, -0.2) is 54.2 Å². The van der Waals surface area contributed by atoms with Crippen molar-refractivity contribution in [1.82, 2.24) is 10.2 Å². The molecule has 0 spiro atoms. The monoisotopic (exact) mass is 436 g/mol. The van der Waals surface area contributed by atoms with Crippen LogP contribution in [0.25, 0.3) is 11.1 Å². The second-order valence-corrected chi connectivity index (χ2v) is 8.58. The number of carbonyl (C=O) groups excluding carboxylic acids is 2. The first kappa shape index (κ1) is 21.9. The molecule has 2 atom stereocenters. The Morgan fingerprint density at radius 3 is 2.28 bits per heavy atom. The number of amides is 2. The molecule has 0 unspecified atom stereocenters. The number of carboxylic acid groups (broad SMARTS) is 1. The highest BCUT2D eigenvalue weighted by molar-refractivity contribution is 5.80. The summed E-state index contributed by atoms with van der Waals surface area (Å²) in [7, 11) is 1.62. The van der Waals surface area contributed by atoms with E-state index in [4.69, 9.17) is 9.84 Å². The number of hydrogen-bond acceptors (Lipinski definition) is 4. The highest BCUT2D eigenvalue weighted by Gasteiger charge is 2.33. The molecule has 4 rings (SSSR count). The number of ether oxygens (including phenoxy) is 1. The van der Waals surface area contributed by atoms with Gasteiger partial charge < -0.3 is 20.1 Å². The van der Waals surface area contributed by atoms with E-state index in [2.05, 4.69) is 29.6 Å². The van der Waals surface area contributed by atoms with Crippen molar-refractivity contribution in [2.45, 2.75) is 37.6 Å². The minimum absolute atomic E-state index is 0.00828. The lowest BCUT2D eigenvalue weighted by molar-refractivity contribution is -0.139. The van der Waals surface area contributed by atoms with Crippen molar-refractivity contribution >= 4 is 18.0 Å². The summed E-state index contributed by atoms with van der Waals surface area (Å²) in [5.41, 5.74) is 4.69. The maximum absolute atomic E-state index is 12.5. The van der Waals surface area contributed by atoms with Gasteiger partial charge >= 0.3 is 12.1 Å². The number of alkyl carbamates (subject to hydrolysis) is 1. The molecular formula is C25H28N2O5. The van der Waals surface area contributed by atoms with Crippen molar-refractivity contribution < 1.29 is 24.2 Å². The van der Waals surface area contributed by atoms with E-state index in [1.165, 1.54) is 16.0 Å². The Balaban J connectivity index is 1.29. The Bertz CT molecular complexity index is 975. The quantitative estimate of drug-likeness (QED) is 0.691. The third kappa shape index (κ3) is 4.61. The first-order chi connectivity index (χ1) is 15.4. The SMILES string of the molecule is CN(CCC(=O)O)C(=O)[C@@H]1CC[C@H](NC(=O)OCC2c3ccccc3-c3ccccc32)C1. The fourth-order valence-corrected chi connectivity index (χ4v) is 4.83. The minimum atomic E-state index is -0.925. The number of fused-ring (bicyclic) bond motifs is 3. The molecule has 2 N–H and O–H groups in total. The summed E-state index contributed by atoms with van der Waals surface area (Å²) in [5.74, 6) is -1.18. The van der Waals surface area contributed by atoms with E-state index in [-0.39, 0.29) is 43.4 Å². The van der Waals surface area contributed by atoms with Gasteiger partial charge in [-0.05, 0) is 41.5 Å². The van der Waals surface area contributed by atoms with E-state index in [1.807, 2.05) is 24.3 Å². The third-order valence-electron chi connectivity index (χ3n) is 6.48. The van der Waals surface area contributed by atoms with Gasteiger partial charge in [0, 0.05) is 31.5 Å². The zero-order chi connectivity index (χ0) is 22.7. The number of benzene rings is 2. The number of carbonyl (C=O) groups is 3. The summed E-state index contributed by atoms with van der Waals surface area (Å²) >= 11 is 0. The molecule has 2 aliphatic carbocycles. The van der Waals surface area contributed by atoms with Crippen LogP contribution < -0.4 is 5.32 Å². The third-order valence-corrected chi connectivity index (χ3v) is 6.48. The van der Waals surface area contributed by atoms with Gasteiger partial charge in [-0.2, -0.15) is 0 Å². The van der Waals surface area contributed by atoms with E-state index >= 15 is 0 Å².